The van der Waals surface area contributed by atoms with E-state index in [1.807, 2.05) is 0 Å². The molecule has 2 saturated heterocycles. The average Bonchev–Trinajstić information content (AvgIpc) is 2.28. The van der Waals surface area contributed by atoms with E-state index in [4.69, 9.17) is 4.74 Å². The van der Waals surface area contributed by atoms with Crippen LogP contribution in [0.4, 0.5) is 0 Å². The van der Waals surface area contributed by atoms with E-state index in [9.17, 15) is 0 Å². The zero-order chi connectivity index (χ0) is 13.2. The van der Waals surface area contributed by atoms with Crippen molar-refractivity contribution in [2.45, 2.75) is 26.7 Å². The fourth-order valence-electron chi connectivity index (χ4n) is 4.00. The molecule has 0 aromatic carbocycles. The minimum absolute atomic E-state index is 0.457. The summed E-state index contributed by atoms with van der Waals surface area (Å²) in [7, 11) is 4.32. The third-order valence-electron chi connectivity index (χ3n) is 5.24. The summed E-state index contributed by atoms with van der Waals surface area (Å²) in [6.45, 7) is 10.4. The van der Waals surface area contributed by atoms with Gasteiger partial charge >= 0.3 is 0 Å². The molecule has 2 aliphatic rings. The number of likely N-dealkylation sites (tertiary alicyclic amines) is 1. The molecule has 0 aromatic heterocycles. The molecule has 1 N–H and O–H groups in total. The predicted octanol–water partition coefficient (Wildman–Crippen LogP) is 1.84. The number of piperidine rings is 1. The second-order valence-corrected chi connectivity index (χ2v) is 6.71. The van der Waals surface area contributed by atoms with Crippen molar-refractivity contribution in [3.63, 3.8) is 0 Å². The second kappa shape index (κ2) is 5.89. The number of rotatable bonds is 5. The first-order valence-electron chi connectivity index (χ1n) is 7.51. The molecule has 0 saturated carbocycles. The summed E-state index contributed by atoms with van der Waals surface area (Å²) in [6, 6.07) is 0. The third-order valence-corrected chi connectivity index (χ3v) is 5.24. The van der Waals surface area contributed by atoms with Crippen LogP contribution in [0.2, 0.25) is 0 Å². The summed E-state index contributed by atoms with van der Waals surface area (Å²) in [6.07, 6.45) is 2.71. The van der Waals surface area contributed by atoms with Gasteiger partial charge in [0.05, 0.1) is 13.2 Å². The summed E-state index contributed by atoms with van der Waals surface area (Å²) in [4.78, 5) is 2.46. The molecule has 3 heteroatoms. The highest BCUT2D eigenvalue weighted by Gasteiger charge is 2.51. The molecule has 2 rings (SSSR count). The maximum absolute atomic E-state index is 5.65. The minimum atomic E-state index is 0.457. The first-order valence-corrected chi connectivity index (χ1v) is 7.51. The predicted molar refractivity (Wildman–Crippen MR) is 75.7 cm³/mol. The molecular formula is C15H30N2O. The van der Waals surface area contributed by atoms with Gasteiger partial charge in [-0.1, -0.05) is 13.8 Å². The van der Waals surface area contributed by atoms with E-state index in [0.717, 1.165) is 37.5 Å². The van der Waals surface area contributed by atoms with E-state index in [1.54, 1.807) is 0 Å². The van der Waals surface area contributed by atoms with E-state index in [2.05, 4.69) is 38.2 Å². The standard InChI is InChI=1S/C15H30N2O/c1-12(2)14(9-16-3)15(10-18-11-15)13-5-7-17(4)8-6-13/h12-14,16H,5-11H2,1-4H3. The van der Waals surface area contributed by atoms with Crippen LogP contribution in [0.1, 0.15) is 26.7 Å². The molecule has 2 heterocycles. The van der Waals surface area contributed by atoms with Crippen LogP contribution >= 0.6 is 0 Å². The van der Waals surface area contributed by atoms with Crippen molar-refractivity contribution < 1.29 is 4.74 Å². The molecule has 3 nitrogen and oxygen atoms in total. The van der Waals surface area contributed by atoms with E-state index in [1.165, 1.54) is 25.9 Å². The molecule has 1 atom stereocenters. The van der Waals surface area contributed by atoms with Gasteiger partial charge < -0.3 is 15.0 Å². The second-order valence-electron chi connectivity index (χ2n) is 6.71. The molecule has 0 spiro atoms. The minimum Gasteiger partial charge on any atom is -0.380 e. The van der Waals surface area contributed by atoms with Crippen molar-refractivity contribution in [2.24, 2.45) is 23.2 Å². The third kappa shape index (κ3) is 2.59. The number of hydrogen-bond donors (Lipinski definition) is 1. The van der Waals surface area contributed by atoms with Gasteiger partial charge in [0.15, 0.2) is 0 Å². The SMILES string of the molecule is CNCC(C(C)C)C1(C2CCN(C)CC2)COC1. The Hall–Kier alpha value is -0.120. The Kier molecular flexibility index (Phi) is 4.68. The summed E-state index contributed by atoms with van der Waals surface area (Å²) in [5.41, 5.74) is 0.457. The van der Waals surface area contributed by atoms with Gasteiger partial charge in [0.25, 0.3) is 0 Å². The Bertz CT molecular complexity index is 255. The van der Waals surface area contributed by atoms with E-state index in [-0.39, 0.29) is 0 Å². The smallest absolute Gasteiger partial charge is 0.0550 e. The van der Waals surface area contributed by atoms with E-state index < -0.39 is 0 Å². The van der Waals surface area contributed by atoms with Crippen molar-refractivity contribution >= 4 is 0 Å². The monoisotopic (exact) mass is 254 g/mol. The molecule has 0 aliphatic carbocycles. The summed E-state index contributed by atoms with van der Waals surface area (Å²) in [5.74, 6) is 2.36. The van der Waals surface area contributed by atoms with Gasteiger partial charge in [-0.15, -0.1) is 0 Å². The van der Waals surface area contributed by atoms with Gasteiger partial charge in [-0.3, -0.25) is 0 Å². The quantitative estimate of drug-likeness (QED) is 0.810. The van der Waals surface area contributed by atoms with Gasteiger partial charge in [-0.2, -0.15) is 0 Å². The van der Waals surface area contributed by atoms with Crippen molar-refractivity contribution in [1.82, 2.24) is 10.2 Å². The molecule has 1 unspecified atom stereocenters. The molecular weight excluding hydrogens is 224 g/mol. The van der Waals surface area contributed by atoms with Crippen LogP contribution in [-0.4, -0.2) is 51.8 Å². The van der Waals surface area contributed by atoms with Gasteiger partial charge in [0.2, 0.25) is 0 Å². The Morgan fingerprint density at radius 2 is 1.89 bits per heavy atom. The maximum atomic E-state index is 5.65. The highest BCUT2D eigenvalue weighted by Crippen LogP contribution is 2.49. The van der Waals surface area contributed by atoms with Crippen LogP contribution in [0.25, 0.3) is 0 Å². The zero-order valence-corrected chi connectivity index (χ0v) is 12.5. The number of hydrogen-bond acceptors (Lipinski definition) is 3. The Morgan fingerprint density at radius 3 is 2.28 bits per heavy atom. The average molecular weight is 254 g/mol. The fraction of sp³-hybridized carbons (Fsp3) is 1.00. The molecule has 0 amide bonds. The lowest BCUT2D eigenvalue weighted by atomic mass is 9.59. The van der Waals surface area contributed by atoms with E-state index >= 15 is 0 Å². The van der Waals surface area contributed by atoms with Gasteiger partial charge in [-0.05, 0) is 64.3 Å². The van der Waals surface area contributed by atoms with Crippen LogP contribution < -0.4 is 5.32 Å². The normalized spacial score (nSPS) is 27.2. The Morgan fingerprint density at radius 1 is 1.28 bits per heavy atom. The molecule has 0 bridgehead atoms. The van der Waals surface area contributed by atoms with Crippen molar-refractivity contribution in [1.29, 1.82) is 0 Å². The van der Waals surface area contributed by atoms with Crippen LogP contribution in [0.3, 0.4) is 0 Å². The Labute approximate surface area is 112 Å². The number of nitrogens with zero attached hydrogens (tertiary/aromatic N) is 1. The van der Waals surface area contributed by atoms with Gasteiger partial charge in [-0.25, -0.2) is 0 Å². The van der Waals surface area contributed by atoms with Crippen LogP contribution in [0.15, 0.2) is 0 Å². The molecule has 0 aromatic rings. The summed E-state index contributed by atoms with van der Waals surface area (Å²) in [5, 5.41) is 3.40. The lowest BCUT2D eigenvalue weighted by Gasteiger charge is -2.55. The van der Waals surface area contributed by atoms with Crippen molar-refractivity contribution in [3.05, 3.63) is 0 Å². The van der Waals surface area contributed by atoms with Crippen molar-refractivity contribution in [3.8, 4) is 0 Å². The highest BCUT2D eigenvalue weighted by molar-refractivity contribution is 5.00. The molecule has 106 valence electrons. The van der Waals surface area contributed by atoms with Crippen LogP contribution in [0, 0.1) is 23.2 Å². The first-order chi connectivity index (χ1) is 8.60. The lowest BCUT2D eigenvalue weighted by molar-refractivity contribution is -0.193. The topological polar surface area (TPSA) is 24.5 Å². The summed E-state index contributed by atoms with van der Waals surface area (Å²) >= 11 is 0. The van der Waals surface area contributed by atoms with Gasteiger partial charge in [0.1, 0.15) is 0 Å². The first kappa shape index (κ1) is 14.3. The molecule has 0 radical (unpaired) electrons. The molecule has 18 heavy (non-hydrogen) atoms. The van der Waals surface area contributed by atoms with Gasteiger partial charge in [0, 0.05) is 5.41 Å². The lowest BCUT2D eigenvalue weighted by Crippen LogP contribution is -2.58. The van der Waals surface area contributed by atoms with Crippen molar-refractivity contribution in [2.75, 3.05) is 46.9 Å². The Balaban J connectivity index is 2.08. The largest absolute Gasteiger partial charge is 0.380 e. The maximum Gasteiger partial charge on any atom is 0.0550 e. The molecule has 2 aliphatic heterocycles. The summed E-state index contributed by atoms with van der Waals surface area (Å²) < 4.78 is 5.65. The number of nitrogens with one attached hydrogen (secondary N) is 1. The van der Waals surface area contributed by atoms with Crippen LogP contribution in [0.5, 0.6) is 0 Å². The fourth-order valence-corrected chi connectivity index (χ4v) is 4.00. The molecule has 2 fully saturated rings. The number of ether oxygens (including phenoxy) is 1. The van der Waals surface area contributed by atoms with Crippen LogP contribution in [-0.2, 0) is 4.74 Å². The zero-order valence-electron chi connectivity index (χ0n) is 12.5. The highest BCUT2D eigenvalue weighted by atomic mass is 16.5. The van der Waals surface area contributed by atoms with E-state index in [0.29, 0.717) is 5.41 Å².